The van der Waals surface area contributed by atoms with E-state index in [9.17, 15) is 4.79 Å². The summed E-state index contributed by atoms with van der Waals surface area (Å²) in [5, 5.41) is 8.91. The van der Waals surface area contributed by atoms with Crippen molar-refractivity contribution in [3.63, 3.8) is 0 Å². The maximum atomic E-state index is 10.9. The number of carboxylic acid groups (broad SMARTS) is 1. The Morgan fingerprint density at radius 3 is 2.20 bits per heavy atom. The summed E-state index contributed by atoms with van der Waals surface area (Å²) in [5.74, 6) is -0.895. The summed E-state index contributed by atoms with van der Waals surface area (Å²) in [6, 6.07) is 15.2. The molecule has 0 atom stereocenters. The zero-order valence-electron chi connectivity index (χ0n) is 11.1. The Hall–Kier alpha value is -1.53. The van der Waals surface area contributed by atoms with Crippen molar-refractivity contribution >= 4 is 24.8 Å². The Bertz CT molecular complexity index is 579. The molecule has 20 heavy (non-hydrogen) atoms. The fraction of sp³-hybridized carbons (Fsp3) is 0.188. The van der Waals surface area contributed by atoms with Gasteiger partial charge in [0.05, 0.1) is 5.56 Å². The van der Waals surface area contributed by atoms with Crippen LogP contribution in [0.4, 0.5) is 0 Å². The quantitative estimate of drug-likeness (QED) is 0.861. The van der Waals surface area contributed by atoms with Crippen molar-refractivity contribution in [3.05, 3.63) is 59.7 Å². The number of benzene rings is 2. The average molecular weight is 263 g/mol. The SMILES string of the molecule is CN(C)Cc1ccccc1-c1ccc(C(=O)O)cc1.[LiH]. The molecule has 3 nitrogen and oxygen atoms in total. The number of aromatic carboxylic acids is 1. The predicted molar refractivity (Wildman–Crippen MR) is 83.4 cm³/mol. The van der Waals surface area contributed by atoms with E-state index in [-0.39, 0.29) is 18.9 Å². The van der Waals surface area contributed by atoms with E-state index < -0.39 is 5.97 Å². The third-order valence-electron chi connectivity index (χ3n) is 2.95. The van der Waals surface area contributed by atoms with Crippen molar-refractivity contribution in [2.75, 3.05) is 14.1 Å². The van der Waals surface area contributed by atoms with Gasteiger partial charge in [-0.15, -0.1) is 0 Å². The molecule has 2 aromatic rings. The molecule has 0 fully saturated rings. The molecule has 0 unspecified atom stereocenters. The van der Waals surface area contributed by atoms with Crippen molar-refractivity contribution in [2.45, 2.75) is 6.54 Å². The standard InChI is InChI=1S/C16H17NO2.Li.H/c1-17(2)11-14-5-3-4-6-15(14)12-7-9-13(10-8-12)16(18)19;;/h3-10H,11H2,1-2H3,(H,18,19);;. The summed E-state index contributed by atoms with van der Waals surface area (Å²) >= 11 is 0. The van der Waals surface area contributed by atoms with Gasteiger partial charge >= 0.3 is 24.8 Å². The van der Waals surface area contributed by atoms with Gasteiger partial charge in [0.2, 0.25) is 0 Å². The molecule has 0 aliphatic heterocycles. The molecule has 2 rings (SSSR count). The molecule has 1 N–H and O–H groups in total. The molecule has 0 aliphatic rings. The van der Waals surface area contributed by atoms with E-state index in [2.05, 4.69) is 17.0 Å². The van der Waals surface area contributed by atoms with E-state index in [0.717, 1.165) is 17.7 Å². The van der Waals surface area contributed by atoms with Gasteiger partial charge in [-0.05, 0) is 42.9 Å². The molecule has 0 saturated carbocycles. The van der Waals surface area contributed by atoms with Gasteiger partial charge in [-0.25, -0.2) is 4.79 Å². The van der Waals surface area contributed by atoms with Crippen LogP contribution in [0.25, 0.3) is 11.1 Å². The Labute approximate surface area is 131 Å². The minimum atomic E-state index is -0.895. The fourth-order valence-electron chi connectivity index (χ4n) is 2.07. The number of hydrogen-bond acceptors (Lipinski definition) is 2. The molecule has 0 amide bonds. The molecule has 0 aliphatic carbocycles. The topological polar surface area (TPSA) is 40.5 Å². The summed E-state index contributed by atoms with van der Waals surface area (Å²) in [6.07, 6.45) is 0. The number of hydrogen-bond donors (Lipinski definition) is 1. The maximum absolute atomic E-state index is 10.9. The van der Waals surface area contributed by atoms with Crippen LogP contribution in [0.5, 0.6) is 0 Å². The van der Waals surface area contributed by atoms with Crippen LogP contribution < -0.4 is 0 Å². The molecule has 0 radical (unpaired) electrons. The van der Waals surface area contributed by atoms with Crippen LogP contribution in [-0.4, -0.2) is 48.9 Å². The summed E-state index contributed by atoms with van der Waals surface area (Å²) in [7, 11) is 4.06. The number of rotatable bonds is 4. The van der Waals surface area contributed by atoms with Gasteiger partial charge in [0.25, 0.3) is 0 Å². The van der Waals surface area contributed by atoms with Gasteiger partial charge in [0.1, 0.15) is 0 Å². The van der Waals surface area contributed by atoms with Crippen LogP contribution in [-0.2, 0) is 6.54 Å². The Kier molecular flexibility index (Phi) is 6.03. The van der Waals surface area contributed by atoms with E-state index in [0.29, 0.717) is 5.56 Å². The first-order chi connectivity index (χ1) is 9.08. The second-order valence-corrected chi connectivity index (χ2v) is 4.78. The van der Waals surface area contributed by atoms with Crippen LogP contribution >= 0.6 is 0 Å². The van der Waals surface area contributed by atoms with Crippen molar-refractivity contribution < 1.29 is 9.90 Å². The van der Waals surface area contributed by atoms with Crippen LogP contribution in [0, 0.1) is 0 Å². The number of carbonyl (C=O) groups is 1. The average Bonchev–Trinajstić information content (AvgIpc) is 2.39. The zero-order valence-corrected chi connectivity index (χ0v) is 11.1. The Balaban J connectivity index is 0.00000200. The first-order valence-electron chi connectivity index (χ1n) is 6.14. The normalized spacial score (nSPS) is 10.2. The summed E-state index contributed by atoms with van der Waals surface area (Å²) in [6.45, 7) is 0.858. The molecule has 4 heteroatoms. The van der Waals surface area contributed by atoms with Crippen molar-refractivity contribution in [1.82, 2.24) is 4.90 Å². The molecular weight excluding hydrogens is 245 g/mol. The molecular formula is C16H18LiNO2. The molecule has 0 aromatic heterocycles. The molecule has 0 spiro atoms. The molecule has 100 valence electrons. The first-order valence-corrected chi connectivity index (χ1v) is 6.14. The minimum absolute atomic E-state index is 0. The molecule has 0 bridgehead atoms. The second kappa shape index (κ2) is 7.30. The second-order valence-electron chi connectivity index (χ2n) is 4.78. The van der Waals surface area contributed by atoms with Crippen LogP contribution in [0.3, 0.4) is 0 Å². The molecule has 0 heterocycles. The number of nitrogens with zero attached hydrogens (tertiary/aromatic N) is 1. The van der Waals surface area contributed by atoms with Crippen molar-refractivity contribution in [3.8, 4) is 11.1 Å². The fourth-order valence-corrected chi connectivity index (χ4v) is 2.07. The van der Waals surface area contributed by atoms with Crippen LogP contribution in [0.1, 0.15) is 15.9 Å². The first kappa shape index (κ1) is 16.5. The van der Waals surface area contributed by atoms with E-state index in [1.807, 2.05) is 38.4 Å². The van der Waals surface area contributed by atoms with Gasteiger partial charge in [-0.1, -0.05) is 36.4 Å². The van der Waals surface area contributed by atoms with Gasteiger partial charge in [-0.3, -0.25) is 0 Å². The van der Waals surface area contributed by atoms with Crippen molar-refractivity contribution in [2.24, 2.45) is 0 Å². The third kappa shape index (κ3) is 3.98. The van der Waals surface area contributed by atoms with Crippen LogP contribution in [0.2, 0.25) is 0 Å². The number of carboxylic acids is 1. The van der Waals surface area contributed by atoms with Gasteiger partial charge in [-0.2, -0.15) is 0 Å². The van der Waals surface area contributed by atoms with Gasteiger partial charge in [0, 0.05) is 6.54 Å². The zero-order chi connectivity index (χ0) is 13.8. The summed E-state index contributed by atoms with van der Waals surface area (Å²) in [4.78, 5) is 13.0. The monoisotopic (exact) mass is 263 g/mol. The predicted octanol–water partition coefficient (Wildman–Crippen LogP) is 2.46. The van der Waals surface area contributed by atoms with Gasteiger partial charge < -0.3 is 10.0 Å². The van der Waals surface area contributed by atoms with E-state index in [4.69, 9.17) is 5.11 Å². The van der Waals surface area contributed by atoms with E-state index in [1.54, 1.807) is 12.1 Å². The van der Waals surface area contributed by atoms with Crippen LogP contribution in [0.15, 0.2) is 48.5 Å². The van der Waals surface area contributed by atoms with Crippen molar-refractivity contribution in [1.29, 1.82) is 0 Å². The Morgan fingerprint density at radius 1 is 1.05 bits per heavy atom. The van der Waals surface area contributed by atoms with E-state index in [1.165, 1.54) is 5.56 Å². The third-order valence-corrected chi connectivity index (χ3v) is 2.95. The Morgan fingerprint density at radius 2 is 1.65 bits per heavy atom. The molecule has 0 saturated heterocycles. The summed E-state index contributed by atoms with van der Waals surface area (Å²) < 4.78 is 0. The summed E-state index contributed by atoms with van der Waals surface area (Å²) in [5.41, 5.74) is 3.74. The van der Waals surface area contributed by atoms with E-state index >= 15 is 0 Å². The van der Waals surface area contributed by atoms with Gasteiger partial charge in [0.15, 0.2) is 0 Å². The molecule has 2 aromatic carbocycles.